The summed E-state index contributed by atoms with van der Waals surface area (Å²) in [4.78, 5) is 25.3. The van der Waals surface area contributed by atoms with Gasteiger partial charge in [0.1, 0.15) is 0 Å². The number of likely N-dealkylation sites (tertiary alicyclic amines) is 1. The number of nitrogens with zero attached hydrogens (tertiary/aromatic N) is 1. The lowest BCUT2D eigenvalue weighted by atomic mass is 10.1. The summed E-state index contributed by atoms with van der Waals surface area (Å²) in [6, 6.07) is 5.10. The number of hydrogen-bond donors (Lipinski definition) is 2. The van der Waals surface area contributed by atoms with E-state index in [1.165, 1.54) is 7.11 Å². The summed E-state index contributed by atoms with van der Waals surface area (Å²) in [5.41, 5.74) is 0.647. The first-order valence-electron chi connectivity index (χ1n) is 8.46. The summed E-state index contributed by atoms with van der Waals surface area (Å²) >= 11 is 0. The van der Waals surface area contributed by atoms with Crippen LogP contribution in [0.1, 0.15) is 19.3 Å². The maximum atomic E-state index is 12.2. The summed E-state index contributed by atoms with van der Waals surface area (Å²) < 4.78 is 15.9. The molecule has 0 aromatic heterocycles. The second-order valence-electron chi connectivity index (χ2n) is 6.04. The van der Waals surface area contributed by atoms with E-state index in [1.54, 1.807) is 23.1 Å². The minimum Gasteiger partial charge on any atom is -0.490 e. The molecule has 1 fully saturated rings. The fraction of sp³-hybridized carbons (Fsp3) is 0.529. The molecule has 3 amide bonds. The fourth-order valence-electron chi connectivity index (χ4n) is 2.93. The van der Waals surface area contributed by atoms with E-state index in [4.69, 9.17) is 14.2 Å². The van der Waals surface area contributed by atoms with Gasteiger partial charge in [-0.1, -0.05) is 0 Å². The number of methoxy groups -OCH3 is 1. The number of benzene rings is 1. The predicted octanol–water partition coefficient (Wildman–Crippen LogP) is 2.20. The van der Waals surface area contributed by atoms with E-state index in [0.717, 1.165) is 6.42 Å². The Morgan fingerprint density at radius 3 is 2.60 bits per heavy atom. The Morgan fingerprint density at radius 1 is 1.16 bits per heavy atom. The van der Waals surface area contributed by atoms with E-state index in [2.05, 4.69) is 10.6 Å². The summed E-state index contributed by atoms with van der Waals surface area (Å²) in [6.45, 7) is 2.37. The standard InChI is InChI=1S/C17H23N3O5/c1-23-17(22)20-7-5-12(6-8-20)18-16(21)19-13-3-4-14-15(11-13)25-10-2-9-24-14/h3-4,11-12H,2,5-10H2,1H3,(H2,18,19,21). The van der Waals surface area contributed by atoms with E-state index in [9.17, 15) is 9.59 Å². The zero-order chi connectivity index (χ0) is 17.6. The van der Waals surface area contributed by atoms with Crippen molar-refractivity contribution in [1.82, 2.24) is 10.2 Å². The number of rotatable bonds is 2. The first-order valence-corrected chi connectivity index (χ1v) is 8.46. The minimum atomic E-state index is -0.324. The lowest BCUT2D eigenvalue weighted by molar-refractivity contribution is 0.110. The summed E-state index contributed by atoms with van der Waals surface area (Å²) in [5.74, 6) is 1.33. The van der Waals surface area contributed by atoms with Gasteiger partial charge in [-0.05, 0) is 25.0 Å². The molecule has 136 valence electrons. The van der Waals surface area contributed by atoms with Crippen molar-refractivity contribution in [2.24, 2.45) is 0 Å². The zero-order valence-electron chi connectivity index (χ0n) is 14.2. The summed E-state index contributed by atoms with van der Waals surface area (Å²) in [5, 5.41) is 5.75. The SMILES string of the molecule is COC(=O)N1CCC(NC(=O)Nc2ccc3c(c2)OCCCO3)CC1. The van der Waals surface area contributed by atoms with Crippen LogP contribution >= 0.6 is 0 Å². The Labute approximate surface area is 146 Å². The molecule has 1 aromatic rings. The average Bonchev–Trinajstić information content (AvgIpc) is 2.86. The van der Waals surface area contributed by atoms with Crippen LogP contribution in [0.4, 0.5) is 15.3 Å². The molecular weight excluding hydrogens is 326 g/mol. The van der Waals surface area contributed by atoms with Crippen LogP contribution in [-0.2, 0) is 4.74 Å². The lowest BCUT2D eigenvalue weighted by Crippen LogP contribution is -2.47. The molecule has 1 saturated heterocycles. The fourth-order valence-corrected chi connectivity index (χ4v) is 2.93. The van der Waals surface area contributed by atoms with Gasteiger partial charge in [-0.15, -0.1) is 0 Å². The van der Waals surface area contributed by atoms with Crippen molar-refractivity contribution in [3.63, 3.8) is 0 Å². The molecule has 8 heteroatoms. The highest BCUT2D eigenvalue weighted by Crippen LogP contribution is 2.32. The number of nitrogens with one attached hydrogen (secondary N) is 2. The van der Waals surface area contributed by atoms with E-state index in [1.807, 2.05) is 0 Å². The van der Waals surface area contributed by atoms with Crippen molar-refractivity contribution < 1.29 is 23.8 Å². The molecule has 0 aliphatic carbocycles. The summed E-state index contributed by atoms with van der Waals surface area (Å²) in [7, 11) is 1.37. The monoisotopic (exact) mass is 349 g/mol. The van der Waals surface area contributed by atoms with Gasteiger partial charge in [0.2, 0.25) is 0 Å². The first kappa shape index (κ1) is 17.2. The molecule has 2 heterocycles. The van der Waals surface area contributed by atoms with Crippen molar-refractivity contribution >= 4 is 17.8 Å². The molecule has 0 atom stereocenters. The molecule has 25 heavy (non-hydrogen) atoms. The van der Waals surface area contributed by atoms with Gasteiger partial charge in [0, 0.05) is 37.3 Å². The van der Waals surface area contributed by atoms with Gasteiger partial charge >= 0.3 is 12.1 Å². The average molecular weight is 349 g/mol. The second-order valence-corrected chi connectivity index (χ2v) is 6.04. The lowest BCUT2D eigenvalue weighted by Gasteiger charge is -2.31. The maximum Gasteiger partial charge on any atom is 0.409 e. The number of anilines is 1. The van der Waals surface area contributed by atoms with Crippen LogP contribution in [0.25, 0.3) is 0 Å². The van der Waals surface area contributed by atoms with Gasteiger partial charge in [-0.3, -0.25) is 0 Å². The van der Waals surface area contributed by atoms with Crippen LogP contribution in [-0.4, -0.2) is 56.5 Å². The van der Waals surface area contributed by atoms with Crippen molar-refractivity contribution in [2.45, 2.75) is 25.3 Å². The third kappa shape index (κ3) is 4.46. The van der Waals surface area contributed by atoms with E-state index < -0.39 is 0 Å². The van der Waals surface area contributed by atoms with Crippen molar-refractivity contribution in [1.29, 1.82) is 0 Å². The van der Waals surface area contributed by atoms with Crippen LogP contribution in [0.2, 0.25) is 0 Å². The highest BCUT2D eigenvalue weighted by molar-refractivity contribution is 5.89. The Hall–Kier alpha value is -2.64. The number of carbonyl (C=O) groups excluding carboxylic acids is 2. The van der Waals surface area contributed by atoms with Crippen molar-refractivity contribution in [3.8, 4) is 11.5 Å². The number of carbonyl (C=O) groups is 2. The van der Waals surface area contributed by atoms with Crippen LogP contribution in [0, 0.1) is 0 Å². The quantitative estimate of drug-likeness (QED) is 0.854. The Kier molecular flexibility index (Phi) is 5.47. The molecule has 0 spiro atoms. The number of urea groups is 1. The third-order valence-corrected chi connectivity index (χ3v) is 4.27. The largest absolute Gasteiger partial charge is 0.490 e. The molecule has 1 aromatic carbocycles. The highest BCUT2D eigenvalue weighted by atomic mass is 16.5. The number of hydrogen-bond acceptors (Lipinski definition) is 5. The third-order valence-electron chi connectivity index (χ3n) is 4.27. The van der Waals surface area contributed by atoms with Gasteiger partial charge in [-0.25, -0.2) is 9.59 Å². The van der Waals surface area contributed by atoms with Gasteiger partial charge in [-0.2, -0.15) is 0 Å². The molecule has 0 bridgehead atoms. The molecule has 2 aliphatic heterocycles. The summed E-state index contributed by atoms with van der Waals surface area (Å²) in [6.07, 6.45) is 1.91. The van der Waals surface area contributed by atoms with Gasteiger partial charge in [0.15, 0.2) is 11.5 Å². The van der Waals surface area contributed by atoms with Gasteiger partial charge < -0.3 is 29.7 Å². The number of amides is 3. The molecular formula is C17H23N3O5. The van der Waals surface area contributed by atoms with E-state index in [-0.39, 0.29) is 18.2 Å². The smallest absolute Gasteiger partial charge is 0.409 e. The number of piperidine rings is 1. The maximum absolute atomic E-state index is 12.2. The topological polar surface area (TPSA) is 89.1 Å². The van der Waals surface area contributed by atoms with E-state index >= 15 is 0 Å². The van der Waals surface area contributed by atoms with Gasteiger partial charge in [0.05, 0.1) is 20.3 Å². The van der Waals surface area contributed by atoms with Crippen LogP contribution < -0.4 is 20.1 Å². The molecule has 0 radical (unpaired) electrons. The molecule has 0 saturated carbocycles. The first-order chi connectivity index (χ1) is 12.2. The van der Waals surface area contributed by atoms with Crippen LogP contribution in [0.15, 0.2) is 18.2 Å². The Morgan fingerprint density at radius 2 is 1.88 bits per heavy atom. The molecule has 2 aliphatic rings. The number of ether oxygens (including phenoxy) is 3. The zero-order valence-corrected chi connectivity index (χ0v) is 14.2. The second kappa shape index (κ2) is 7.96. The van der Waals surface area contributed by atoms with Gasteiger partial charge in [0.25, 0.3) is 0 Å². The molecule has 8 nitrogen and oxygen atoms in total. The molecule has 2 N–H and O–H groups in total. The van der Waals surface area contributed by atoms with Crippen molar-refractivity contribution in [2.75, 3.05) is 38.7 Å². The normalized spacial score (nSPS) is 17.4. The van der Waals surface area contributed by atoms with Crippen LogP contribution in [0.5, 0.6) is 11.5 Å². The predicted molar refractivity (Wildman–Crippen MR) is 91.2 cm³/mol. The van der Waals surface area contributed by atoms with E-state index in [0.29, 0.717) is 56.3 Å². The molecule has 0 unspecified atom stereocenters. The molecule has 3 rings (SSSR count). The highest BCUT2D eigenvalue weighted by Gasteiger charge is 2.24. The Bertz CT molecular complexity index is 629. The number of fused-ring (bicyclic) bond motifs is 1. The Balaban J connectivity index is 1.50. The van der Waals surface area contributed by atoms with Crippen molar-refractivity contribution in [3.05, 3.63) is 18.2 Å². The van der Waals surface area contributed by atoms with Crippen LogP contribution in [0.3, 0.4) is 0 Å². The minimum absolute atomic E-state index is 0.0290.